The molecule has 0 saturated heterocycles. The second-order valence-electron chi connectivity index (χ2n) is 6.38. The average molecular weight is 381 g/mol. The molecule has 0 bridgehead atoms. The smallest absolute Gasteiger partial charge is 0.306 e. The van der Waals surface area contributed by atoms with Gasteiger partial charge in [0.2, 0.25) is 0 Å². The fourth-order valence-electron chi connectivity index (χ4n) is 2.20. The van der Waals surface area contributed by atoms with Gasteiger partial charge >= 0.3 is 11.4 Å². The molecule has 0 radical (unpaired) electrons. The zero-order valence-corrected chi connectivity index (χ0v) is 16.3. The van der Waals surface area contributed by atoms with Crippen LogP contribution in [0.3, 0.4) is 0 Å². The molecule has 146 valence electrons. The Hall–Kier alpha value is -3.55. The van der Waals surface area contributed by atoms with Gasteiger partial charge in [0.25, 0.3) is 5.91 Å². The summed E-state index contributed by atoms with van der Waals surface area (Å²) in [5.41, 5.74) is 0.714. The molecule has 0 aliphatic heterocycles. The Morgan fingerprint density at radius 2 is 1.64 bits per heavy atom. The van der Waals surface area contributed by atoms with Crippen LogP contribution >= 0.6 is 0 Å². The maximum atomic E-state index is 11.9. The Morgan fingerprint density at radius 1 is 0.964 bits per heavy atom. The van der Waals surface area contributed by atoms with Crippen molar-refractivity contribution in [2.24, 2.45) is 7.05 Å². The molecule has 0 fully saturated rings. The van der Waals surface area contributed by atoms with Crippen molar-refractivity contribution in [3.8, 4) is 0 Å². The van der Waals surface area contributed by atoms with Crippen molar-refractivity contribution in [3.63, 3.8) is 0 Å². The van der Waals surface area contributed by atoms with Gasteiger partial charge in [-0.2, -0.15) is 9.97 Å². The minimum Gasteiger partial charge on any atom is -0.306 e. The summed E-state index contributed by atoms with van der Waals surface area (Å²) in [5, 5.41) is 2.60. The molecule has 1 N–H and O–H groups in total. The summed E-state index contributed by atoms with van der Waals surface area (Å²) in [6, 6.07) is 12.2. The van der Waals surface area contributed by atoms with Gasteiger partial charge in [0, 0.05) is 36.7 Å². The number of anilines is 1. The second kappa shape index (κ2) is 9.40. The maximum Gasteiger partial charge on any atom is 0.349 e. The molecule has 0 aliphatic rings. The number of hydrogen-bond acceptors (Lipinski definition) is 5. The van der Waals surface area contributed by atoms with Crippen LogP contribution in [0.15, 0.2) is 64.4 Å². The molecular formula is C20H23N5O3. The lowest BCUT2D eigenvalue weighted by Gasteiger charge is -2.09. The van der Waals surface area contributed by atoms with Crippen LogP contribution in [-0.4, -0.2) is 25.0 Å². The van der Waals surface area contributed by atoms with Crippen molar-refractivity contribution in [2.45, 2.75) is 26.8 Å². The van der Waals surface area contributed by atoms with Gasteiger partial charge < -0.3 is 9.88 Å². The summed E-state index contributed by atoms with van der Waals surface area (Å²) in [5.74, 6) is -0.0226. The molecular weight excluding hydrogens is 358 g/mol. The van der Waals surface area contributed by atoms with Gasteiger partial charge in [-0.1, -0.05) is 18.2 Å². The first-order chi connectivity index (χ1) is 13.3. The zero-order chi connectivity index (χ0) is 20.7. The Balaban J connectivity index is 0.000000261. The molecule has 0 aliphatic carbocycles. The van der Waals surface area contributed by atoms with Crippen molar-refractivity contribution in [1.29, 1.82) is 0 Å². The summed E-state index contributed by atoms with van der Waals surface area (Å²) >= 11 is 0. The van der Waals surface area contributed by atoms with Gasteiger partial charge in [-0.25, -0.2) is 9.59 Å². The average Bonchev–Trinajstić information content (AvgIpc) is 2.66. The quantitative estimate of drug-likeness (QED) is 0.750. The molecule has 0 spiro atoms. The molecule has 1 amide bonds. The number of aromatic nitrogens is 4. The minimum absolute atomic E-state index is 0.0406. The van der Waals surface area contributed by atoms with Gasteiger partial charge in [-0.15, -0.1) is 0 Å². The summed E-state index contributed by atoms with van der Waals surface area (Å²) in [4.78, 5) is 41.8. The predicted molar refractivity (Wildman–Crippen MR) is 107 cm³/mol. The molecule has 8 heteroatoms. The Labute approximate surface area is 162 Å². The van der Waals surface area contributed by atoms with Crippen LogP contribution in [0.2, 0.25) is 0 Å². The molecule has 0 atom stereocenters. The van der Waals surface area contributed by atoms with Crippen LogP contribution in [-0.2, 0) is 7.05 Å². The van der Waals surface area contributed by atoms with E-state index in [0.717, 1.165) is 5.69 Å². The third-order valence-corrected chi connectivity index (χ3v) is 3.78. The van der Waals surface area contributed by atoms with Crippen molar-refractivity contribution in [2.75, 3.05) is 5.32 Å². The lowest BCUT2D eigenvalue weighted by molar-refractivity contribution is 0.102. The molecule has 2 heterocycles. The summed E-state index contributed by atoms with van der Waals surface area (Å²) in [7, 11) is 1.68. The monoisotopic (exact) mass is 381 g/mol. The number of amides is 1. The topological polar surface area (TPSA) is 98.9 Å². The largest absolute Gasteiger partial charge is 0.349 e. The van der Waals surface area contributed by atoms with E-state index < -0.39 is 0 Å². The highest BCUT2D eigenvalue weighted by Crippen LogP contribution is 2.06. The first-order valence-electron chi connectivity index (χ1n) is 8.74. The Morgan fingerprint density at radius 3 is 2.18 bits per heavy atom. The van der Waals surface area contributed by atoms with Crippen molar-refractivity contribution < 1.29 is 4.79 Å². The van der Waals surface area contributed by atoms with Gasteiger partial charge in [0.15, 0.2) is 0 Å². The number of benzene rings is 1. The SMILES string of the molecule is CC(C)n1ccc(NC(=O)c2ccccc2)nc1=O.Cc1ccn(C)c(=O)n1. The first kappa shape index (κ1) is 20.8. The summed E-state index contributed by atoms with van der Waals surface area (Å²) in [6.07, 6.45) is 3.32. The van der Waals surface area contributed by atoms with Gasteiger partial charge in [-0.3, -0.25) is 9.36 Å². The van der Waals surface area contributed by atoms with Crippen LogP contribution in [0.4, 0.5) is 5.82 Å². The van der Waals surface area contributed by atoms with E-state index >= 15 is 0 Å². The summed E-state index contributed by atoms with van der Waals surface area (Å²) in [6.45, 7) is 5.58. The minimum atomic E-state index is -0.374. The van der Waals surface area contributed by atoms with E-state index in [-0.39, 0.29) is 29.1 Å². The Bertz CT molecular complexity index is 1060. The highest BCUT2D eigenvalue weighted by Gasteiger charge is 2.08. The molecule has 1 aromatic carbocycles. The highest BCUT2D eigenvalue weighted by molar-refractivity contribution is 6.03. The van der Waals surface area contributed by atoms with E-state index in [1.54, 1.807) is 62.8 Å². The molecule has 0 unspecified atom stereocenters. The van der Waals surface area contributed by atoms with E-state index in [0.29, 0.717) is 5.56 Å². The van der Waals surface area contributed by atoms with E-state index in [1.165, 1.54) is 9.13 Å². The van der Waals surface area contributed by atoms with Crippen molar-refractivity contribution in [3.05, 3.63) is 87.1 Å². The highest BCUT2D eigenvalue weighted by atomic mass is 16.2. The lowest BCUT2D eigenvalue weighted by Crippen LogP contribution is -2.25. The van der Waals surface area contributed by atoms with Crippen LogP contribution in [0.5, 0.6) is 0 Å². The molecule has 3 aromatic rings. The van der Waals surface area contributed by atoms with E-state index in [1.807, 2.05) is 19.9 Å². The molecule has 8 nitrogen and oxygen atoms in total. The number of nitrogens with zero attached hydrogens (tertiary/aromatic N) is 4. The number of nitrogens with one attached hydrogen (secondary N) is 1. The predicted octanol–water partition coefficient (Wildman–Crippen LogP) is 2.17. The third kappa shape index (κ3) is 5.73. The van der Waals surface area contributed by atoms with Crippen molar-refractivity contribution in [1.82, 2.24) is 19.1 Å². The fourth-order valence-corrected chi connectivity index (χ4v) is 2.20. The van der Waals surface area contributed by atoms with Crippen molar-refractivity contribution >= 4 is 11.7 Å². The Kier molecular flexibility index (Phi) is 6.97. The third-order valence-electron chi connectivity index (χ3n) is 3.78. The molecule has 2 aromatic heterocycles. The van der Waals surface area contributed by atoms with Crippen LogP contribution in [0.1, 0.15) is 35.9 Å². The lowest BCUT2D eigenvalue weighted by atomic mass is 10.2. The van der Waals surface area contributed by atoms with Crippen LogP contribution in [0.25, 0.3) is 0 Å². The standard InChI is InChI=1S/C14H15N3O2.C6H8N2O/c1-10(2)17-9-8-12(16-14(17)19)15-13(18)11-6-4-3-5-7-11;1-5-3-4-8(2)6(9)7-5/h3-10H,1-2H3,(H,15,16,18,19);3-4H,1-2H3. The number of hydrogen-bond donors (Lipinski definition) is 1. The zero-order valence-electron chi connectivity index (χ0n) is 16.3. The number of carbonyl (C=O) groups is 1. The number of aryl methyl sites for hydroxylation is 2. The van der Waals surface area contributed by atoms with Crippen LogP contribution in [0, 0.1) is 6.92 Å². The molecule has 28 heavy (non-hydrogen) atoms. The molecule has 0 saturated carbocycles. The maximum absolute atomic E-state index is 11.9. The number of rotatable bonds is 3. The van der Waals surface area contributed by atoms with E-state index in [9.17, 15) is 14.4 Å². The fraction of sp³-hybridized carbons (Fsp3) is 0.250. The number of carbonyl (C=O) groups excluding carboxylic acids is 1. The normalized spacial score (nSPS) is 10.2. The molecule has 3 rings (SSSR count). The second-order valence-corrected chi connectivity index (χ2v) is 6.38. The van der Waals surface area contributed by atoms with E-state index in [2.05, 4.69) is 15.3 Å². The van der Waals surface area contributed by atoms with Gasteiger partial charge in [0.05, 0.1) is 0 Å². The first-order valence-corrected chi connectivity index (χ1v) is 8.74. The van der Waals surface area contributed by atoms with Crippen LogP contribution < -0.4 is 16.7 Å². The van der Waals surface area contributed by atoms with E-state index in [4.69, 9.17) is 0 Å². The summed E-state index contributed by atoms with van der Waals surface area (Å²) < 4.78 is 2.94. The van der Waals surface area contributed by atoms with Gasteiger partial charge in [-0.05, 0) is 45.0 Å². The van der Waals surface area contributed by atoms with Gasteiger partial charge in [0.1, 0.15) is 5.82 Å².